The first-order chi connectivity index (χ1) is 9.45. The van der Waals surface area contributed by atoms with E-state index >= 15 is 0 Å². The molecule has 4 nitrogen and oxygen atoms in total. The maximum atomic E-state index is 11.9. The molecule has 2 rings (SSSR count). The Morgan fingerprint density at radius 2 is 1.95 bits per heavy atom. The summed E-state index contributed by atoms with van der Waals surface area (Å²) in [5.41, 5.74) is 2.13. The molecule has 1 aliphatic rings. The predicted octanol–water partition coefficient (Wildman–Crippen LogP) is 2.80. The third-order valence-electron chi connectivity index (χ3n) is 4.03. The van der Waals surface area contributed by atoms with E-state index in [9.17, 15) is 14.7 Å². The minimum Gasteiger partial charge on any atom is -0.481 e. The van der Waals surface area contributed by atoms with Crippen LogP contribution in [0.5, 0.6) is 0 Å². The Bertz CT molecular complexity index is 507. The van der Waals surface area contributed by atoms with E-state index in [1.54, 1.807) is 4.90 Å². The summed E-state index contributed by atoms with van der Waals surface area (Å²) in [5, 5.41) is 9.34. The summed E-state index contributed by atoms with van der Waals surface area (Å²) in [6.45, 7) is 6.66. The van der Waals surface area contributed by atoms with Crippen LogP contribution in [0.15, 0.2) is 24.3 Å². The minimum atomic E-state index is -0.896. The molecule has 0 bridgehead atoms. The molecule has 2 unspecified atom stereocenters. The van der Waals surface area contributed by atoms with Crippen molar-refractivity contribution in [2.24, 2.45) is 5.92 Å². The molecular formula is C16H21NO3. The number of carboxylic acids is 1. The van der Waals surface area contributed by atoms with Crippen molar-refractivity contribution in [3.8, 4) is 0 Å². The molecule has 1 fully saturated rings. The van der Waals surface area contributed by atoms with E-state index < -0.39 is 11.9 Å². The lowest BCUT2D eigenvalue weighted by molar-refractivity contribution is -0.142. The van der Waals surface area contributed by atoms with Crippen molar-refractivity contribution >= 4 is 11.9 Å². The lowest BCUT2D eigenvalue weighted by Crippen LogP contribution is -2.30. The standard InChI is InChI=1S/C16H21NO3/c1-4-17-14(18)9-13(16(19)20)15(17)12-7-5-11(6-8-12)10(2)3/h5-8,10,13,15H,4,9H2,1-3H3,(H,19,20). The van der Waals surface area contributed by atoms with Gasteiger partial charge in [-0.25, -0.2) is 0 Å². The summed E-state index contributed by atoms with van der Waals surface area (Å²) in [7, 11) is 0. The van der Waals surface area contributed by atoms with Crippen LogP contribution in [0.3, 0.4) is 0 Å². The summed E-state index contributed by atoms with van der Waals surface area (Å²) in [4.78, 5) is 25.0. The number of hydrogen-bond acceptors (Lipinski definition) is 2. The molecule has 0 aromatic heterocycles. The zero-order valence-corrected chi connectivity index (χ0v) is 12.2. The smallest absolute Gasteiger partial charge is 0.309 e. The monoisotopic (exact) mass is 275 g/mol. The summed E-state index contributed by atoms with van der Waals surface area (Å²) in [6.07, 6.45) is 0.0970. The number of rotatable bonds is 4. The zero-order chi connectivity index (χ0) is 14.9. The number of aliphatic carboxylic acids is 1. The Balaban J connectivity index is 2.35. The summed E-state index contributed by atoms with van der Waals surface area (Å²) in [5.74, 6) is -1.18. The van der Waals surface area contributed by atoms with Gasteiger partial charge < -0.3 is 10.0 Å². The molecule has 0 radical (unpaired) electrons. The molecule has 1 heterocycles. The molecule has 1 N–H and O–H groups in total. The largest absolute Gasteiger partial charge is 0.481 e. The van der Waals surface area contributed by atoms with Gasteiger partial charge in [0.1, 0.15) is 0 Å². The molecule has 0 aliphatic carbocycles. The van der Waals surface area contributed by atoms with Crippen LogP contribution < -0.4 is 0 Å². The fourth-order valence-electron chi connectivity index (χ4n) is 2.88. The average molecular weight is 275 g/mol. The third kappa shape index (κ3) is 2.55. The molecule has 1 aromatic carbocycles. The van der Waals surface area contributed by atoms with Crippen molar-refractivity contribution in [2.45, 2.75) is 39.2 Å². The number of amides is 1. The SMILES string of the molecule is CCN1C(=O)CC(C(=O)O)C1c1ccc(C(C)C)cc1. The number of carbonyl (C=O) groups is 2. The summed E-state index contributed by atoms with van der Waals surface area (Å²) >= 11 is 0. The van der Waals surface area contributed by atoms with E-state index in [4.69, 9.17) is 0 Å². The fraction of sp³-hybridized carbons (Fsp3) is 0.500. The van der Waals surface area contributed by atoms with Crippen molar-refractivity contribution < 1.29 is 14.7 Å². The van der Waals surface area contributed by atoms with Gasteiger partial charge >= 0.3 is 5.97 Å². The van der Waals surface area contributed by atoms with Gasteiger partial charge in [0.05, 0.1) is 12.0 Å². The molecule has 0 spiro atoms. The van der Waals surface area contributed by atoms with Gasteiger partial charge in [0.15, 0.2) is 0 Å². The quantitative estimate of drug-likeness (QED) is 0.919. The number of benzene rings is 1. The Morgan fingerprint density at radius 1 is 1.35 bits per heavy atom. The van der Waals surface area contributed by atoms with Crippen LogP contribution in [0.25, 0.3) is 0 Å². The van der Waals surface area contributed by atoms with E-state index in [1.807, 2.05) is 31.2 Å². The van der Waals surface area contributed by atoms with Crippen molar-refractivity contribution in [3.63, 3.8) is 0 Å². The van der Waals surface area contributed by atoms with Crippen molar-refractivity contribution in [3.05, 3.63) is 35.4 Å². The van der Waals surface area contributed by atoms with Gasteiger partial charge in [-0.05, 0) is 24.0 Å². The second-order valence-electron chi connectivity index (χ2n) is 5.59. The molecular weight excluding hydrogens is 254 g/mol. The van der Waals surface area contributed by atoms with Crippen LogP contribution in [0.1, 0.15) is 50.3 Å². The number of carbonyl (C=O) groups excluding carboxylic acids is 1. The van der Waals surface area contributed by atoms with Crippen molar-refractivity contribution in [1.29, 1.82) is 0 Å². The highest BCUT2D eigenvalue weighted by molar-refractivity contribution is 5.87. The molecule has 2 atom stereocenters. The lowest BCUT2D eigenvalue weighted by atomic mass is 9.92. The Morgan fingerprint density at radius 3 is 2.40 bits per heavy atom. The Hall–Kier alpha value is -1.84. The van der Waals surface area contributed by atoms with Crippen LogP contribution in [-0.2, 0) is 9.59 Å². The Labute approximate surface area is 119 Å². The molecule has 1 amide bonds. The van der Waals surface area contributed by atoms with E-state index in [-0.39, 0.29) is 18.4 Å². The number of hydrogen-bond donors (Lipinski definition) is 1. The average Bonchev–Trinajstić information content (AvgIpc) is 2.75. The highest BCUT2D eigenvalue weighted by Crippen LogP contribution is 2.38. The van der Waals surface area contributed by atoms with E-state index in [1.165, 1.54) is 5.56 Å². The van der Waals surface area contributed by atoms with Gasteiger partial charge in [-0.2, -0.15) is 0 Å². The van der Waals surface area contributed by atoms with Crippen molar-refractivity contribution in [1.82, 2.24) is 4.90 Å². The lowest BCUT2D eigenvalue weighted by Gasteiger charge is -2.26. The minimum absolute atomic E-state index is 0.0714. The maximum absolute atomic E-state index is 11.9. The second-order valence-corrected chi connectivity index (χ2v) is 5.59. The first-order valence-corrected chi connectivity index (χ1v) is 7.07. The molecule has 0 saturated carbocycles. The Kier molecular flexibility index (Phi) is 4.12. The molecule has 1 aromatic rings. The van der Waals surface area contributed by atoms with E-state index in [0.29, 0.717) is 12.5 Å². The number of carboxylic acid groups (broad SMARTS) is 1. The normalized spacial score (nSPS) is 22.6. The number of nitrogens with zero attached hydrogens (tertiary/aromatic N) is 1. The second kappa shape index (κ2) is 5.65. The van der Waals surface area contributed by atoms with Crippen LogP contribution in [-0.4, -0.2) is 28.4 Å². The van der Waals surface area contributed by atoms with Gasteiger partial charge in [0.25, 0.3) is 0 Å². The van der Waals surface area contributed by atoms with Gasteiger partial charge in [0, 0.05) is 13.0 Å². The molecule has 1 saturated heterocycles. The molecule has 108 valence electrons. The van der Waals surface area contributed by atoms with Gasteiger partial charge in [-0.15, -0.1) is 0 Å². The molecule has 4 heteroatoms. The van der Waals surface area contributed by atoms with Crippen LogP contribution in [0.4, 0.5) is 0 Å². The van der Waals surface area contributed by atoms with E-state index in [0.717, 1.165) is 5.56 Å². The zero-order valence-electron chi connectivity index (χ0n) is 12.2. The third-order valence-corrected chi connectivity index (χ3v) is 4.03. The fourth-order valence-corrected chi connectivity index (χ4v) is 2.88. The predicted molar refractivity (Wildman–Crippen MR) is 76.4 cm³/mol. The summed E-state index contributed by atoms with van der Waals surface area (Å²) < 4.78 is 0. The maximum Gasteiger partial charge on any atom is 0.309 e. The first-order valence-electron chi connectivity index (χ1n) is 7.07. The van der Waals surface area contributed by atoms with Crippen molar-refractivity contribution in [2.75, 3.05) is 6.54 Å². The van der Waals surface area contributed by atoms with Gasteiger partial charge in [0.2, 0.25) is 5.91 Å². The van der Waals surface area contributed by atoms with E-state index in [2.05, 4.69) is 13.8 Å². The molecule has 1 aliphatic heterocycles. The van der Waals surface area contributed by atoms with Crippen LogP contribution >= 0.6 is 0 Å². The highest BCUT2D eigenvalue weighted by atomic mass is 16.4. The first kappa shape index (κ1) is 14.6. The highest BCUT2D eigenvalue weighted by Gasteiger charge is 2.43. The number of likely N-dealkylation sites (tertiary alicyclic amines) is 1. The van der Waals surface area contributed by atoms with Gasteiger partial charge in [-0.3, -0.25) is 9.59 Å². The topological polar surface area (TPSA) is 57.6 Å². The van der Waals surface area contributed by atoms with Gasteiger partial charge in [-0.1, -0.05) is 38.1 Å². The molecule has 20 heavy (non-hydrogen) atoms. The summed E-state index contributed by atoms with van der Waals surface area (Å²) in [6, 6.07) is 7.62. The van der Waals surface area contributed by atoms with Crippen LogP contribution in [0.2, 0.25) is 0 Å². The van der Waals surface area contributed by atoms with Crippen LogP contribution in [0, 0.1) is 5.92 Å².